The third kappa shape index (κ3) is 3.20. The van der Waals surface area contributed by atoms with E-state index in [9.17, 15) is 4.39 Å². The van der Waals surface area contributed by atoms with Gasteiger partial charge in [-0.2, -0.15) is 0 Å². The largest absolute Gasteiger partial charge is 0.494 e. The van der Waals surface area contributed by atoms with E-state index >= 15 is 0 Å². The topological polar surface area (TPSA) is 53.7 Å². The molecule has 0 amide bonds. The SMILES string of the molecule is COC(c1ccc(B2OC(C)(C)C(C)(C)O2)cc1)C(N)CF. The number of alkyl halides is 1. The zero-order valence-electron chi connectivity index (χ0n) is 13.9. The second-order valence-electron chi connectivity index (χ2n) is 6.73. The highest BCUT2D eigenvalue weighted by atomic mass is 19.1. The van der Waals surface area contributed by atoms with Crippen molar-refractivity contribution in [3.63, 3.8) is 0 Å². The van der Waals surface area contributed by atoms with Crippen LogP contribution < -0.4 is 11.2 Å². The van der Waals surface area contributed by atoms with E-state index in [1.807, 2.05) is 52.0 Å². The normalized spacial score (nSPS) is 22.6. The average Bonchev–Trinajstić information content (AvgIpc) is 2.68. The fourth-order valence-corrected chi connectivity index (χ4v) is 2.46. The summed E-state index contributed by atoms with van der Waals surface area (Å²) in [6.07, 6.45) is -0.461. The van der Waals surface area contributed by atoms with Crippen molar-refractivity contribution in [1.82, 2.24) is 0 Å². The number of hydrogen-bond donors (Lipinski definition) is 1. The summed E-state index contributed by atoms with van der Waals surface area (Å²) in [5.41, 5.74) is 6.76. The van der Waals surface area contributed by atoms with Crippen LogP contribution in [0.15, 0.2) is 24.3 Å². The maximum absolute atomic E-state index is 12.8. The Morgan fingerprint density at radius 3 is 2.05 bits per heavy atom. The highest BCUT2D eigenvalue weighted by Crippen LogP contribution is 2.36. The summed E-state index contributed by atoms with van der Waals surface area (Å²) in [4.78, 5) is 0. The van der Waals surface area contributed by atoms with Gasteiger partial charge in [0.25, 0.3) is 0 Å². The molecule has 0 saturated carbocycles. The molecule has 2 atom stereocenters. The van der Waals surface area contributed by atoms with E-state index in [-0.39, 0.29) is 11.2 Å². The van der Waals surface area contributed by atoms with Crippen molar-refractivity contribution >= 4 is 12.6 Å². The number of nitrogens with two attached hydrogens (primary N) is 1. The first-order valence-electron chi connectivity index (χ1n) is 7.51. The molecule has 2 unspecified atom stereocenters. The fourth-order valence-electron chi connectivity index (χ4n) is 2.46. The molecule has 0 bridgehead atoms. The lowest BCUT2D eigenvalue weighted by Gasteiger charge is -2.32. The number of rotatable bonds is 5. The van der Waals surface area contributed by atoms with Crippen LogP contribution in [0.1, 0.15) is 39.4 Å². The van der Waals surface area contributed by atoms with Crippen LogP contribution in [0.2, 0.25) is 0 Å². The van der Waals surface area contributed by atoms with E-state index in [0.717, 1.165) is 11.0 Å². The van der Waals surface area contributed by atoms with Crippen molar-refractivity contribution in [2.45, 2.75) is 51.0 Å². The van der Waals surface area contributed by atoms with Gasteiger partial charge in [-0.1, -0.05) is 24.3 Å². The van der Waals surface area contributed by atoms with Gasteiger partial charge in [0.05, 0.1) is 23.3 Å². The first-order chi connectivity index (χ1) is 10.2. The molecule has 0 aromatic heterocycles. The van der Waals surface area contributed by atoms with Crippen LogP contribution in [0, 0.1) is 0 Å². The van der Waals surface area contributed by atoms with Gasteiger partial charge in [-0.15, -0.1) is 0 Å². The highest BCUT2D eigenvalue weighted by molar-refractivity contribution is 6.62. The smallest absolute Gasteiger partial charge is 0.399 e. The van der Waals surface area contributed by atoms with Crippen LogP contribution in [0.5, 0.6) is 0 Å². The maximum atomic E-state index is 12.8. The predicted molar refractivity (Wildman–Crippen MR) is 85.9 cm³/mol. The van der Waals surface area contributed by atoms with E-state index in [1.165, 1.54) is 7.11 Å². The maximum Gasteiger partial charge on any atom is 0.494 e. The van der Waals surface area contributed by atoms with Crippen LogP contribution in [0.3, 0.4) is 0 Å². The number of halogens is 1. The number of hydrogen-bond acceptors (Lipinski definition) is 4. The minimum atomic E-state index is -0.673. The molecule has 6 heteroatoms. The molecule has 2 N–H and O–H groups in total. The Kier molecular flexibility index (Phi) is 4.97. The van der Waals surface area contributed by atoms with Gasteiger partial charge in [0.1, 0.15) is 6.67 Å². The van der Waals surface area contributed by atoms with Crippen molar-refractivity contribution in [3.05, 3.63) is 29.8 Å². The van der Waals surface area contributed by atoms with Crippen LogP contribution in [-0.2, 0) is 14.0 Å². The molecule has 0 spiro atoms. The average molecular weight is 309 g/mol. The molecule has 1 fully saturated rings. The molecule has 22 heavy (non-hydrogen) atoms. The third-order valence-electron chi connectivity index (χ3n) is 4.61. The molecule has 1 aromatic rings. The van der Waals surface area contributed by atoms with Gasteiger partial charge in [-0.05, 0) is 38.7 Å². The Hall–Kier alpha value is -0.945. The van der Waals surface area contributed by atoms with E-state index in [2.05, 4.69) is 0 Å². The molecular weight excluding hydrogens is 284 g/mol. The quantitative estimate of drug-likeness (QED) is 0.845. The van der Waals surface area contributed by atoms with Crippen molar-refractivity contribution in [1.29, 1.82) is 0 Å². The standard InChI is InChI=1S/C16H25BFNO3/c1-15(2)16(3,4)22-17(21-15)12-8-6-11(7-9-12)14(20-5)13(19)10-18/h6-9,13-14H,10,19H2,1-5H3. The molecule has 4 nitrogen and oxygen atoms in total. The van der Waals surface area contributed by atoms with Gasteiger partial charge < -0.3 is 19.8 Å². The summed E-state index contributed by atoms with van der Waals surface area (Å²) < 4.78 is 30.1. The molecule has 1 aromatic carbocycles. The summed E-state index contributed by atoms with van der Waals surface area (Å²) in [7, 11) is 1.12. The lowest BCUT2D eigenvalue weighted by atomic mass is 9.78. The zero-order valence-corrected chi connectivity index (χ0v) is 13.9. The van der Waals surface area contributed by atoms with E-state index in [1.54, 1.807) is 0 Å². The molecule has 1 aliphatic rings. The number of benzene rings is 1. The van der Waals surface area contributed by atoms with Gasteiger partial charge in [-0.25, -0.2) is 4.39 Å². The summed E-state index contributed by atoms with van der Waals surface area (Å²) >= 11 is 0. The highest BCUT2D eigenvalue weighted by Gasteiger charge is 2.51. The molecule has 1 aliphatic heterocycles. The van der Waals surface area contributed by atoms with E-state index < -0.39 is 25.9 Å². The lowest BCUT2D eigenvalue weighted by Crippen LogP contribution is -2.41. The van der Waals surface area contributed by atoms with Crippen LogP contribution in [0.25, 0.3) is 0 Å². The molecule has 0 radical (unpaired) electrons. The first kappa shape index (κ1) is 17.4. The minimum absolute atomic E-state index is 0.373. The monoisotopic (exact) mass is 309 g/mol. The third-order valence-corrected chi connectivity index (χ3v) is 4.61. The summed E-state index contributed by atoms with van der Waals surface area (Å²) in [6.45, 7) is 7.44. The van der Waals surface area contributed by atoms with Gasteiger partial charge in [-0.3, -0.25) is 0 Å². The van der Waals surface area contributed by atoms with Gasteiger partial charge in [0.15, 0.2) is 0 Å². The number of methoxy groups -OCH3 is 1. The molecule has 0 aliphatic carbocycles. The Balaban J connectivity index is 2.16. The fraction of sp³-hybridized carbons (Fsp3) is 0.625. The van der Waals surface area contributed by atoms with E-state index in [0.29, 0.717) is 0 Å². The predicted octanol–water partition coefficient (Wildman–Crippen LogP) is 1.97. The summed E-state index contributed by atoms with van der Waals surface area (Å²) in [6, 6.07) is 6.91. The zero-order chi connectivity index (χ0) is 16.5. The van der Waals surface area contributed by atoms with Crippen molar-refractivity contribution in [3.8, 4) is 0 Å². The van der Waals surface area contributed by atoms with Crippen molar-refractivity contribution in [2.75, 3.05) is 13.8 Å². The van der Waals surface area contributed by atoms with Gasteiger partial charge in [0, 0.05) is 7.11 Å². The second-order valence-corrected chi connectivity index (χ2v) is 6.73. The van der Waals surface area contributed by atoms with Crippen LogP contribution >= 0.6 is 0 Å². The summed E-state index contributed by atoms with van der Waals surface area (Å²) in [5, 5.41) is 0. The van der Waals surface area contributed by atoms with E-state index in [4.69, 9.17) is 19.8 Å². The van der Waals surface area contributed by atoms with Crippen molar-refractivity contribution < 1.29 is 18.4 Å². The minimum Gasteiger partial charge on any atom is -0.399 e. The Morgan fingerprint density at radius 1 is 1.14 bits per heavy atom. The summed E-state index contributed by atoms with van der Waals surface area (Å²) in [5.74, 6) is 0. The van der Waals surface area contributed by atoms with Crippen LogP contribution in [-0.4, -0.2) is 38.1 Å². The molecular formula is C16H25BFNO3. The molecule has 1 saturated heterocycles. The van der Waals surface area contributed by atoms with Gasteiger partial charge in [0.2, 0.25) is 0 Å². The second kappa shape index (κ2) is 6.28. The molecule has 122 valence electrons. The van der Waals surface area contributed by atoms with Gasteiger partial charge >= 0.3 is 7.12 Å². The first-order valence-corrected chi connectivity index (χ1v) is 7.51. The Morgan fingerprint density at radius 2 is 1.64 bits per heavy atom. The van der Waals surface area contributed by atoms with Crippen molar-refractivity contribution in [2.24, 2.45) is 5.73 Å². The molecule has 2 rings (SSSR count). The van der Waals surface area contributed by atoms with Crippen LogP contribution in [0.4, 0.5) is 4.39 Å². The lowest BCUT2D eigenvalue weighted by molar-refractivity contribution is 0.00578. The Labute approximate surface area is 132 Å². The Bertz CT molecular complexity index is 491. The molecule has 1 heterocycles. The number of ether oxygens (including phenoxy) is 1.